The van der Waals surface area contributed by atoms with Crippen LogP contribution in [0.15, 0.2) is 60.9 Å². The molecule has 0 saturated carbocycles. The molecule has 0 saturated heterocycles. The maximum absolute atomic E-state index is 13.3. The summed E-state index contributed by atoms with van der Waals surface area (Å²) in [4.78, 5) is 27.0. The predicted octanol–water partition coefficient (Wildman–Crippen LogP) is 2.92. The summed E-state index contributed by atoms with van der Waals surface area (Å²) in [5.74, 6) is -0.0330. The molecule has 1 aromatic heterocycles. The summed E-state index contributed by atoms with van der Waals surface area (Å²) in [5, 5.41) is 13.6. The average Bonchev–Trinajstić information content (AvgIpc) is 3.07. The lowest BCUT2D eigenvalue weighted by Gasteiger charge is -2.19. The summed E-state index contributed by atoms with van der Waals surface area (Å²) < 4.78 is 15.0. The molecule has 0 aliphatic carbocycles. The van der Waals surface area contributed by atoms with Crippen molar-refractivity contribution in [3.05, 3.63) is 93.8 Å². The van der Waals surface area contributed by atoms with Gasteiger partial charge in [0.15, 0.2) is 0 Å². The standard InChI is InChI=1S/C19H17FN4O3/c1-23-11-10-21-19(23)18(14-4-6-15(20)7-5-14)22-17(25)12-13-2-8-16(9-3-13)24(26)27/h2-11,18H,12H2,1H3,(H,22,25). The molecule has 3 rings (SSSR count). The molecule has 0 spiro atoms. The smallest absolute Gasteiger partial charge is 0.269 e. The van der Waals surface area contributed by atoms with Crippen molar-refractivity contribution >= 4 is 11.6 Å². The highest BCUT2D eigenvalue weighted by atomic mass is 19.1. The fourth-order valence-electron chi connectivity index (χ4n) is 2.74. The average molecular weight is 368 g/mol. The number of non-ortho nitro benzene ring substituents is 1. The third-order valence-corrected chi connectivity index (χ3v) is 4.14. The quantitative estimate of drug-likeness (QED) is 0.535. The first-order chi connectivity index (χ1) is 12.9. The summed E-state index contributed by atoms with van der Waals surface area (Å²) >= 11 is 0. The van der Waals surface area contributed by atoms with Gasteiger partial charge in [0, 0.05) is 31.6 Å². The molecule has 2 aromatic carbocycles. The fourth-order valence-corrected chi connectivity index (χ4v) is 2.74. The SMILES string of the molecule is Cn1ccnc1C(NC(=O)Cc1ccc([N+](=O)[O-])cc1)c1ccc(F)cc1. The van der Waals surface area contributed by atoms with Crippen molar-refractivity contribution in [1.82, 2.24) is 14.9 Å². The van der Waals surface area contributed by atoms with Crippen molar-refractivity contribution in [2.75, 3.05) is 0 Å². The van der Waals surface area contributed by atoms with Gasteiger partial charge in [-0.25, -0.2) is 9.37 Å². The van der Waals surface area contributed by atoms with E-state index in [4.69, 9.17) is 0 Å². The van der Waals surface area contributed by atoms with Gasteiger partial charge < -0.3 is 9.88 Å². The van der Waals surface area contributed by atoms with Crippen LogP contribution in [0.3, 0.4) is 0 Å². The van der Waals surface area contributed by atoms with Crippen LogP contribution in [-0.2, 0) is 18.3 Å². The number of hydrogen-bond donors (Lipinski definition) is 1. The van der Waals surface area contributed by atoms with Crippen molar-refractivity contribution in [2.24, 2.45) is 7.05 Å². The van der Waals surface area contributed by atoms with Crippen molar-refractivity contribution in [3.8, 4) is 0 Å². The van der Waals surface area contributed by atoms with Crippen molar-refractivity contribution in [1.29, 1.82) is 0 Å². The van der Waals surface area contributed by atoms with E-state index in [0.29, 0.717) is 17.0 Å². The minimum absolute atomic E-state index is 0.0312. The van der Waals surface area contributed by atoms with Crippen LogP contribution in [0.5, 0.6) is 0 Å². The fraction of sp³-hybridized carbons (Fsp3) is 0.158. The Balaban J connectivity index is 1.79. The first-order valence-corrected chi connectivity index (χ1v) is 8.19. The van der Waals surface area contributed by atoms with E-state index in [-0.39, 0.29) is 23.8 Å². The minimum Gasteiger partial charge on any atom is -0.342 e. The van der Waals surface area contributed by atoms with Crippen LogP contribution in [0.25, 0.3) is 0 Å². The van der Waals surface area contributed by atoms with Gasteiger partial charge in [-0.1, -0.05) is 24.3 Å². The van der Waals surface area contributed by atoms with Gasteiger partial charge in [-0.3, -0.25) is 14.9 Å². The topological polar surface area (TPSA) is 90.1 Å². The van der Waals surface area contributed by atoms with E-state index in [0.717, 1.165) is 0 Å². The first-order valence-electron chi connectivity index (χ1n) is 8.19. The molecule has 3 aromatic rings. The van der Waals surface area contributed by atoms with Crippen LogP contribution in [0, 0.1) is 15.9 Å². The molecule has 7 nitrogen and oxygen atoms in total. The number of nitro benzene ring substituents is 1. The van der Waals surface area contributed by atoms with E-state index in [1.165, 1.54) is 24.3 Å². The maximum Gasteiger partial charge on any atom is 0.269 e. The van der Waals surface area contributed by atoms with Crippen LogP contribution in [0.4, 0.5) is 10.1 Å². The molecular weight excluding hydrogens is 351 g/mol. The van der Waals surface area contributed by atoms with Gasteiger partial charge in [0.25, 0.3) is 5.69 Å². The number of nitrogens with one attached hydrogen (secondary N) is 1. The van der Waals surface area contributed by atoms with Gasteiger partial charge in [0.05, 0.1) is 11.3 Å². The summed E-state index contributed by atoms with van der Waals surface area (Å²) in [6.45, 7) is 0. The molecule has 0 radical (unpaired) electrons. The number of halogens is 1. The molecule has 138 valence electrons. The van der Waals surface area contributed by atoms with Gasteiger partial charge in [-0.2, -0.15) is 0 Å². The first kappa shape index (κ1) is 18.2. The molecule has 0 aliphatic rings. The molecule has 1 amide bonds. The van der Waals surface area contributed by atoms with Crippen LogP contribution >= 0.6 is 0 Å². The van der Waals surface area contributed by atoms with Crippen LogP contribution in [0.1, 0.15) is 23.0 Å². The zero-order valence-corrected chi connectivity index (χ0v) is 14.5. The Kier molecular flexibility index (Phi) is 5.25. The second kappa shape index (κ2) is 7.77. The van der Waals surface area contributed by atoms with Gasteiger partial charge in [0.1, 0.15) is 17.7 Å². The summed E-state index contributed by atoms with van der Waals surface area (Å²) in [5.41, 5.74) is 1.31. The lowest BCUT2D eigenvalue weighted by atomic mass is 10.0. The number of amides is 1. The predicted molar refractivity (Wildman–Crippen MR) is 96.4 cm³/mol. The molecule has 0 bridgehead atoms. The Bertz CT molecular complexity index is 952. The molecule has 0 fully saturated rings. The second-order valence-electron chi connectivity index (χ2n) is 6.05. The molecule has 1 heterocycles. The van der Waals surface area contributed by atoms with Crippen molar-refractivity contribution < 1.29 is 14.1 Å². The van der Waals surface area contributed by atoms with Crippen LogP contribution < -0.4 is 5.32 Å². The monoisotopic (exact) mass is 368 g/mol. The highest BCUT2D eigenvalue weighted by Gasteiger charge is 2.21. The molecule has 1 atom stereocenters. The van der Waals surface area contributed by atoms with E-state index in [1.807, 2.05) is 0 Å². The zero-order valence-electron chi connectivity index (χ0n) is 14.5. The van der Waals surface area contributed by atoms with E-state index < -0.39 is 11.0 Å². The number of benzene rings is 2. The third kappa shape index (κ3) is 4.35. The Morgan fingerprint density at radius 1 is 1.22 bits per heavy atom. The van der Waals surface area contributed by atoms with Crippen molar-refractivity contribution in [2.45, 2.75) is 12.5 Å². The van der Waals surface area contributed by atoms with E-state index in [2.05, 4.69) is 10.3 Å². The number of carbonyl (C=O) groups excluding carboxylic acids is 1. The number of aromatic nitrogens is 2. The number of rotatable bonds is 6. The molecule has 1 N–H and O–H groups in total. The highest BCUT2D eigenvalue weighted by molar-refractivity contribution is 5.79. The molecular formula is C19H17FN4O3. The van der Waals surface area contributed by atoms with E-state index in [1.54, 1.807) is 48.3 Å². The Morgan fingerprint density at radius 2 is 1.89 bits per heavy atom. The minimum atomic E-state index is -0.545. The van der Waals surface area contributed by atoms with Crippen molar-refractivity contribution in [3.63, 3.8) is 0 Å². The summed E-state index contributed by atoms with van der Waals surface area (Å²) in [6, 6.07) is 11.1. The maximum atomic E-state index is 13.3. The largest absolute Gasteiger partial charge is 0.342 e. The number of aryl methyl sites for hydroxylation is 1. The lowest BCUT2D eigenvalue weighted by Crippen LogP contribution is -2.32. The Morgan fingerprint density at radius 3 is 2.44 bits per heavy atom. The second-order valence-corrected chi connectivity index (χ2v) is 6.05. The molecule has 1 unspecified atom stereocenters. The number of imidazole rings is 1. The van der Waals surface area contributed by atoms with Gasteiger partial charge in [-0.05, 0) is 23.3 Å². The molecule has 27 heavy (non-hydrogen) atoms. The highest BCUT2D eigenvalue weighted by Crippen LogP contribution is 2.21. The van der Waals surface area contributed by atoms with Gasteiger partial charge in [-0.15, -0.1) is 0 Å². The van der Waals surface area contributed by atoms with Gasteiger partial charge >= 0.3 is 0 Å². The number of carbonyl (C=O) groups is 1. The van der Waals surface area contributed by atoms with E-state index in [9.17, 15) is 19.3 Å². The summed E-state index contributed by atoms with van der Waals surface area (Å²) in [7, 11) is 1.81. The molecule has 0 aliphatic heterocycles. The van der Waals surface area contributed by atoms with Crippen LogP contribution in [-0.4, -0.2) is 20.4 Å². The third-order valence-electron chi connectivity index (χ3n) is 4.14. The lowest BCUT2D eigenvalue weighted by molar-refractivity contribution is -0.384. The van der Waals surface area contributed by atoms with E-state index >= 15 is 0 Å². The van der Waals surface area contributed by atoms with Crippen LogP contribution in [0.2, 0.25) is 0 Å². The Hall–Kier alpha value is -3.55. The Labute approximate surface area is 154 Å². The summed E-state index contributed by atoms with van der Waals surface area (Å²) in [6.07, 6.45) is 3.43. The number of nitro groups is 1. The zero-order chi connectivity index (χ0) is 19.4. The molecule has 8 heteroatoms. The van der Waals surface area contributed by atoms with Gasteiger partial charge in [0.2, 0.25) is 5.91 Å². The normalized spacial score (nSPS) is 11.8. The number of hydrogen-bond acceptors (Lipinski definition) is 4. The number of nitrogens with zero attached hydrogens (tertiary/aromatic N) is 3.